The Morgan fingerprint density at radius 3 is 2.83 bits per heavy atom. The van der Waals surface area contributed by atoms with Gasteiger partial charge in [-0.2, -0.15) is 0 Å². The number of carbonyl (C=O) groups excluding carboxylic acids is 1. The average molecular weight is 169 g/mol. The lowest BCUT2D eigenvalue weighted by molar-refractivity contribution is 0.0587. The standard InChI is InChI=1S/C7H11N3O2/c1-4-5(3-8)10-6(9-4)7(11)12-2/h3,8H2,1-2H3,(H,9,10). The molecule has 1 heterocycles. The van der Waals surface area contributed by atoms with E-state index in [2.05, 4.69) is 14.7 Å². The second kappa shape index (κ2) is 3.36. The van der Waals surface area contributed by atoms with Crippen LogP contribution in [0.25, 0.3) is 0 Å². The largest absolute Gasteiger partial charge is 0.463 e. The predicted molar refractivity (Wildman–Crippen MR) is 42.6 cm³/mol. The van der Waals surface area contributed by atoms with Crippen molar-refractivity contribution in [3.8, 4) is 0 Å². The molecule has 1 aromatic heterocycles. The van der Waals surface area contributed by atoms with Gasteiger partial charge in [-0.3, -0.25) is 0 Å². The van der Waals surface area contributed by atoms with Crippen LogP contribution in [0.2, 0.25) is 0 Å². The van der Waals surface area contributed by atoms with E-state index < -0.39 is 5.97 Å². The molecule has 0 atom stereocenters. The van der Waals surface area contributed by atoms with E-state index in [0.29, 0.717) is 12.2 Å². The van der Waals surface area contributed by atoms with E-state index in [1.165, 1.54) is 7.11 Å². The Morgan fingerprint density at radius 2 is 2.42 bits per heavy atom. The molecule has 0 bridgehead atoms. The second-order valence-corrected chi connectivity index (χ2v) is 2.35. The second-order valence-electron chi connectivity index (χ2n) is 2.35. The molecule has 0 saturated heterocycles. The van der Waals surface area contributed by atoms with Crippen molar-refractivity contribution < 1.29 is 9.53 Å². The van der Waals surface area contributed by atoms with Crippen molar-refractivity contribution in [2.24, 2.45) is 5.73 Å². The van der Waals surface area contributed by atoms with E-state index in [1.807, 2.05) is 6.92 Å². The van der Waals surface area contributed by atoms with E-state index in [1.54, 1.807) is 0 Å². The maximum absolute atomic E-state index is 10.9. The number of nitrogens with two attached hydrogens (primary N) is 1. The summed E-state index contributed by atoms with van der Waals surface area (Å²) >= 11 is 0. The summed E-state index contributed by atoms with van der Waals surface area (Å²) in [4.78, 5) is 17.7. The molecule has 0 saturated carbocycles. The number of methoxy groups -OCH3 is 1. The summed E-state index contributed by atoms with van der Waals surface area (Å²) in [6, 6.07) is 0. The first-order valence-corrected chi connectivity index (χ1v) is 3.53. The van der Waals surface area contributed by atoms with Crippen molar-refractivity contribution in [3.05, 3.63) is 17.2 Å². The number of hydrogen-bond donors (Lipinski definition) is 2. The van der Waals surface area contributed by atoms with Crippen molar-refractivity contribution >= 4 is 5.97 Å². The molecule has 1 aromatic rings. The number of aromatic nitrogens is 2. The highest BCUT2D eigenvalue weighted by Crippen LogP contribution is 2.04. The molecule has 0 unspecified atom stereocenters. The zero-order chi connectivity index (χ0) is 9.14. The number of esters is 1. The number of nitrogens with zero attached hydrogens (tertiary/aromatic N) is 1. The molecule has 12 heavy (non-hydrogen) atoms. The van der Waals surface area contributed by atoms with E-state index in [-0.39, 0.29) is 5.82 Å². The Bertz CT molecular complexity index is 293. The molecular formula is C7H11N3O2. The van der Waals surface area contributed by atoms with Crippen LogP contribution in [0.3, 0.4) is 0 Å². The number of aromatic amines is 1. The fourth-order valence-corrected chi connectivity index (χ4v) is 0.889. The first kappa shape index (κ1) is 8.73. The van der Waals surface area contributed by atoms with Gasteiger partial charge in [0, 0.05) is 12.2 Å². The van der Waals surface area contributed by atoms with Crippen LogP contribution in [-0.4, -0.2) is 23.0 Å². The van der Waals surface area contributed by atoms with Gasteiger partial charge in [-0.25, -0.2) is 9.78 Å². The lowest BCUT2D eigenvalue weighted by atomic mass is 10.3. The van der Waals surface area contributed by atoms with Gasteiger partial charge in [0.05, 0.1) is 12.8 Å². The minimum Gasteiger partial charge on any atom is -0.463 e. The molecule has 0 aliphatic rings. The Morgan fingerprint density at radius 1 is 1.75 bits per heavy atom. The molecule has 5 nitrogen and oxygen atoms in total. The van der Waals surface area contributed by atoms with Gasteiger partial charge in [0.2, 0.25) is 5.82 Å². The van der Waals surface area contributed by atoms with Crippen LogP contribution in [-0.2, 0) is 11.3 Å². The molecule has 1 rings (SSSR count). The molecule has 0 amide bonds. The number of imidazole rings is 1. The molecule has 0 fully saturated rings. The lowest BCUT2D eigenvalue weighted by Gasteiger charge is -1.90. The van der Waals surface area contributed by atoms with Crippen LogP contribution < -0.4 is 5.73 Å². The first-order chi connectivity index (χ1) is 5.69. The Hall–Kier alpha value is -1.36. The van der Waals surface area contributed by atoms with E-state index in [4.69, 9.17) is 5.73 Å². The molecule has 0 aliphatic carbocycles. The summed E-state index contributed by atoms with van der Waals surface area (Å²) in [6.45, 7) is 2.13. The van der Waals surface area contributed by atoms with Gasteiger partial charge in [-0.05, 0) is 6.92 Å². The third-order valence-corrected chi connectivity index (χ3v) is 1.56. The minimum absolute atomic E-state index is 0.204. The summed E-state index contributed by atoms with van der Waals surface area (Å²) in [5.74, 6) is -0.270. The zero-order valence-corrected chi connectivity index (χ0v) is 7.05. The molecule has 0 aliphatic heterocycles. The number of H-pyrrole nitrogens is 1. The highest BCUT2D eigenvalue weighted by molar-refractivity contribution is 5.85. The van der Waals surface area contributed by atoms with Gasteiger partial charge >= 0.3 is 5.97 Å². The quantitative estimate of drug-likeness (QED) is 0.609. The van der Waals surface area contributed by atoms with Crippen LogP contribution in [0.4, 0.5) is 0 Å². The van der Waals surface area contributed by atoms with Gasteiger partial charge in [0.15, 0.2) is 0 Å². The van der Waals surface area contributed by atoms with Crippen molar-refractivity contribution in [2.75, 3.05) is 7.11 Å². The Balaban J connectivity index is 2.96. The number of ether oxygens (including phenoxy) is 1. The zero-order valence-electron chi connectivity index (χ0n) is 7.05. The van der Waals surface area contributed by atoms with Gasteiger partial charge in [0.25, 0.3) is 0 Å². The Kier molecular flexibility index (Phi) is 2.44. The molecule has 0 radical (unpaired) electrons. The number of carbonyl (C=O) groups is 1. The number of hydrogen-bond acceptors (Lipinski definition) is 4. The topological polar surface area (TPSA) is 81.0 Å². The normalized spacial score (nSPS) is 9.92. The minimum atomic E-state index is -0.474. The van der Waals surface area contributed by atoms with Crippen LogP contribution in [0.5, 0.6) is 0 Å². The van der Waals surface area contributed by atoms with E-state index in [9.17, 15) is 4.79 Å². The molecule has 0 spiro atoms. The van der Waals surface area contributed by atoms with E-state index in [0.717, 1.165) is 5.69 Å². The smallest absolute Gasteiger partial charge is 0.374 e. The van der Waals surface area contributed by atoms with Crippen LogP contribution >= 0.6 is 0 Å². The van der Waals surface area contributed by atoms with Crippen molar-refractivity contribution in [2.45, 2.75) is 13.5 Å². The fraction of sp³-hybridized carbons (Fsp3) is 0.429. The SMILES string of the molecule is COC(=O)c1nc(CN)c(C)[nH]1. The summed E-state index contributed by atoms with van der Waals surface area (Å²) in [6.07, 6.45) is 0. The summed E-state index contributed by atoms with van der Waals surface area (Å²) < 4.78 is 4.48. The average Bonchev–Trinajstić information content (AvgIpc) is 2.45. The monoisotopic (exact) mass is 169 g/mol. The predicted octanol–water partition coefficient (Wildman–Crippen LogP) is -0.0366. The third-order valence-electron chi connectivity index (χ3n) is 1.56. The highest BCUT2D eigenvalue weighted by Gasteiger charge is 2.12. The van der Waals surface area contributed by atoms with Crippen molar-refractivity contribution in [1.29, 1.82) is 0 Å². The summed E-state index contributed by atoms with van der Waals surface area (Å²) in [5.41, 5.74) is 6.86. The van der Waals surface area contributed by atoms with Gasteiger partial charge < -0.3 is 15.5 Å². The lowest BCUT2D eigenvalue weighted by Crippen LogP contribution is -2.04. The summed E-state index contributed by atoms with van der Waals surface area (Å²) in [5, 5.41) is 0. The van der Waals surface area contributed by atoms with Crippen LogP contribution in [0.15, 0.2) is 0 Å². The maximum Gasteiger partial charge on any atom is 0.374 e. The number of rotatable bonds is 2. The molecule has 66 valence electrons. The molecule has 3 N–H and O–H groups in total. The van der Waals surface area contributed by atoms with Crippen molar-refractivity contribution in [3.63, 3.8) is 0 Å². The Labute approximate surface area is 69.9 Å². The summed E-state index contributed by atoms with van der Waals surface area (Å²) in [7, 11) is 1.31. The number of nitrogens with one attached hydrogen (secondary N) is 1. The highest BCUT2D eigenvalue weighted by atomic mass is 16.5. The van der Waals surface area contributed by atoms with Crippen LogP contribution in [0, 0.1) is 6.92 Å². The fourth-order valence-electron chi connectivity index (χ4n) is 0.889. The molecular weight excluding hydrogens is 158 g/mol. The number of aryl methyl sites for hydroxylation is 1. The van der Waals surface area contributed by atoms with Crippen molar-refractivity contribution in [1.82, 2.24) is 9.97 Å². The maximum atomic E-state index is 10.9. The third kappa shape index (κ3) is 1.45. The van der Waals surface area contributed by atoms with E-state index >= 15 is 0 Å². The van der Waals surface area contributed by atoms with Crippen LogP contribution in [0.1, 0.15) is 22.0 Å². The van der Waals surface area contributed by atoms with Gasteiger partial charge in [0.1, 0.15) is 0 Å². The van der Waals surface area contributed by atoms with Gasteiger partial charge in [-0.15, -0.1) is 0 Å². The molecule has 5 heteroatoms. The molecule has 0 aromatic carbocycles. The first-order valence-electron chi connectivity index (χ1n) is 3.53. The van der Waals surface area contributed by atoms with Gasteiger partial charge in [-0.1, -0.05) is 0 Å².